The highest BCUT2D eigenvalue weighted by molar-refractivity contribution is 5.85. The average Bonchev–Trinajstić information content (AvgIpc) is 3.17. The molecular formula is C14H20N2O. The van der Waals surface area contributed by atoms with Gasteiger partial charge in [-0.3, -0.25) is 4.79 Å². The van der Waals surface area contributed by atoms with Crippen molar-refractivity contribution in [1.82, 2.24) is 5.32 Å². The predicted molar refractivity (Wildman–Crippen MR) is 68.6 cm³/mol. The Morgan fingerprint density at radius 3 is 2.59 bits per heavy atom. The van der Waals surface area contributed by atoms with Crippen LogP contribution in [-0.4, -0.2) is 19.0 Å². The molecule has 1 aliphatic carbocycles. The quantitative estimate of drug-likeness (QED) is 0.811. The van der Waals surface area contributed by atoms with Gasteiger partial charge in [-0.2, -0.15) is 0 Å². The normalized spacial score (nSPS) is 18.5. The first-order valence-electron chi connectivity index (χ1n) is 6.21. The van der Waals surface area contributed by atoms with E-state index in [0.29, 0.717) is 19.0 Å². The molecule has 3 N–H and O–H groups in total. The highest BCUT2D eigenvalue weighted by Crippen LogP contribution is 2.44. The summed E-state index contributed by atoms with van der Waals surface area (Å²) < 4.78 is 0. The van der Waals surface area contributed by atoms with E-state index in [-0.39, 0.29) is 11.3 Å². The lowest BCUT2D eigenvalue weighted by molar-refractivity contribution is -0.126. The van der Waals surface area contributed by atoms with Crippen LogP contribution in [0.25, 0.3) is 0 Å². The zero-order chi connectivity index (χ0) is 12.3. The molecule has 0 bridgehead atoms. The minimum Gasteiger partial charge on any atom is -0.355 e. The third kappa shape index (κ3) is 2.67. The van der Waals surface area contributed by atoms with Crippen LogP contribution in [0, 0.1) is 5.41 Å². The molecule has 17 heavy (non-hydrogen) atoms. The van der Waals surface area contributed by atoms with E-state index in [2.05, 4.69) is 24.4 Å². The molecule has 0 radical (unpaired) electrons. The molecule has 2 rings (SSSR count). The van der Waals surface area contributed by atoms with Gasteiger partial charge in [-0.05, 0) is 24.3 Å². The van der Waals surface area contributed by atoms with Crippen molar-refractivity contribution in [1.29, 1.82) is 0 Å². The van der Waals surface area contributed by atoms with E-state index in [1.807, 2.05) is 18.2 Å². The number of nitrogens with two attached hydrogens (primary N) is 1. The lowest BCUT2D eigenvalue weighted by Crippen LogP contribution is -2.38. The van der Waals surface area contributed by atoms with Crippen molar-refractivity contribution in [2.45, 2.75) is 25.7 Å². The van der Waals surface area contributed by atoms with Crippen molar-refractivity contribution in [3.05, 3.63) is 35.9 Å². The first-order valence-corrected chi connectivity index (χ1v) is 6.21. The lowest BCUT2D eigenvalue weighted by Gasteiger charge is -2.16. The lowest BCUT2D eigenvalue weighted by atomic mass is 10.0. The minimum atomic E-state index is -0.240. The fraction of sp³-hybridized carbons (Fsp3) is 0.500. The Hall–Kier alpha value is -1.35. The van der Waals surface area contributed by atoms with Gasteiger partial charge in [-0.1, -0.05) is 37.3 Å². The Labute approximate surface area is 102 Å². The molecule has 0 spiro atoms. The van der Waals surface area contributed by atoms with Crippen LogP contribution in [0.2, 0.25) is 0 Å². The van der Waals surface area contributed by atoms with Crippen molar-refractivity contribution in [3.63, 3.8) is 0 Å². The Kier molecular flexibility index (Phi) is 3.48. The van der Waals surface area contributed by atoms with Gasteiger partial charge < -0.3 is 11.1 Å². The molecule has 3 nitrogen and oxygen atoms in total. The zero-order valence-corrected chi connectivity index (χ0v) is 10.3. The number of benzene rings is 1. The maximum atomic E-state index is 11.9. The van der Waals surface area contributed by atoms with Crippen molar-refractivity contribution in [3.8, 4) is 0 Å². The standard InChI is InChI=1S/C14H20N2O/c1-11(12-5-3-2-4-6-12)9-16-13(17)14(10-15)7-8-14/h2-6,11H,7-10,15H2,1H3,(H,16,17). The second-order valence-corrected chi connectivity index (χ2v) is 5.01. The number of amides is 1. The number of carbonyl (C=O) groups is 1. The Balaban J connectivity index is 1.85. The maximum absolute atomic E-state index is 11.9. The van der Waals surface area contributed by atoms with Gasteiger partial charge in [0.05, 0.1) is 5.41 Å². The second-order valence-electron chi connectivity index (χ2n) is 5.01. The Morgan fingerprint density at radius 2 is 2.06 bits per heavy atom. The van der Waals surface area contributed by atoms with Crippen molar-refractivity contribution < 1.29 is 4.79 Å². The second kappa shape index (κ2) is 4.88. The molecule has 92 valence electrons. The number of carbonyl (C=O) groups excluding carboxylic acids is 1. The Morgan fingerprint density at radius 1 is 1.41 bits per heavy atom. The first kappa shape index (κ1) is 12.1. The fourth-order valence-electron chi connectivity index (χ4n) is 2.01. The van der Waals surface area contributed by atoms with Crippen molar-refractivity contribution >= 4 is 5.91 Å². The topological polar surface area (TPSA) is 55.1 Å². The highest BCUT2D eigenvalue weighted by Gasteiger charge is 2.48. The summed E-state index contributed by atoms with van der Waals surface area (Å²) >= 11 is 0. The van der Waals surface area contributed by atoms with E-state index in [0.717, 1.165) is 12.8 Å². The van der Waals surface area contributed by atoms with E-state index < -0.39 is 0 Å². The van der Waals surface area contributed by atoms with Gasteiger partial charge in [0.1, 0.15) is 0 Å². The van der Waals surface area contributed by atoms with Crippen LogP contribution < -0.4 is 11.1 Å². The van der Waals surface area contributed by atoms with Crippen LogP contribution in [0.3, 0.4) is 0 Å². The molecule has 0 aliphatic heterocycles. The first-order chi connectivity index (χ1) is 8.18. The summed E-state index contributed by atoms with van der Waals surface area (Å²) in [5.41, 5.74) is 6.64. The zero-order valence-electron chi connectivity index (χ0n) is 10.3. The fourth-order valence-corrected chi connectivity index (χ4v) is 2.01. The molecule has 1 aromatic carbocycles. The van der Waals surface area contributed by atoms with Gasteiger partial charge >= 0.3 is 0 Å². The molecule has 1 atom stereocenters. The summed E-state index contributed by atoms with van der Waals surface area (Å²) in [5, 5.41) is 3.02. The number of rotatable bonds is 5. The van der Waals surface area contributed by atoms with Crippen molar-refractivity contribution in [2.75, 3.05) is 13.1 Å². The summed E-state index contributed by atoms with van der Waals surface area (Å²) in [6.45, 7) is 3.28. The minimum absolute atomic E-state index is 0.128. The third-order valence-electron chi connectivity index (χ3n) is 3.66. The molecule has 1 aromatic rings. The SMILES string of the molecule is CC(CNC(=O)C1(CN)CC1)c1ccccc1. The maximum Gasteiger partial charge on any atom is 0.227 e. The van der Waals surface area contributed by atoms with E-state index in [1.54, 1.807) is 0 Å². The Bertz CT molecular complexity index is 384. The van der Waals surface area contributed by atoms with Crippen LogP contribution in [-0.2, 0) is 4.79 Å². The average molecular weight is 232 g/mol. The van der Waals surface area contributed by atoms with Crippen molar-refractivity contribution in [2.24, 2.45) is 11.1 Å². The molecule has 1 saturated carbocycles. The molecule has 1 aliphatic rings. The van der Waals surface area contributed by atoms with Gasteiger partial charge in [0.25, 0.3) is 0 Å². The summed E-state index contributed by atoms with van der Waals surface area (Å²) in [4.78, 5) is 11.9. The molecule has 0 aromatic heterocycles. The van der Waals surface area contributed by atoms with Crippen LogP contribution in [0.1, 0.15) is 31.2 Å². The van der Waals surface area contributed by atoms with Gasteiger partial charge in [0, 0.05) is 13.1 Å². The molecule has 0 saturated heterocycles. The summed E-state index contributed by atoms with van der Waals surface area (Å²) in [7, 11) is 0. The summed E-state index contributed by atoms with van der Waals surface area (Å²) in [5.74, 6) is 0.469. The monoisotopic (exact) mass is 232 g/mol. The van der Waals surface area contributed by atoms with E-state index >= 15 is 0 Å². The predicted octanol–water partition coefficient (Wildman–Crippen LogP) is 1.65. The number of hydrogen-bond acceptors (Lipinski definition) is 2. The van der Waals surface area contributed by atoms with Gasteiger partial charge in [0.2, 0.25) is 5.91 Å². The molecular weight excluding hydrogens is 212 g/mol. The molecule has 1 unspecified atom stereocenters. The van der Waals surface area contributed by atoms with Crippen LogP contribution >= 0.6 is 0 Å². The molecule has 3 heteroatoms. The van der Waals surface area contributed by atoms with Crippen LogP contribution in [0.15, 0.2) is 30.3 Å². The smallest absolute Gasteiger partial charge is 0.227 e. The number of hydrogen-bond donors (Lipinski definition) is 2. The van der Waals surface area contributed by atoms with Crippen LogP contribution in [0.5, 0.6) is 0 Å². The van der Waals surface area contributed by atoms with E-state index in [9.17, 15) is 4.79 Å². The van der Waals surface area contributed by atoms with Gasteiger partial charge in [-0.25, -0.2) is 0 Å². The summed E-state index contributed by atoms with van der Waals surface area (Å²) in [6, 6.07) is 10.2. The van der Waals surface area contributed by atoms with E-state index in [1.165, 1.54) is 5.56 Å². The largest absolute Gasteiger partial charge is 0.355 e. The molecule has 1 amide bonds. The van der Waals surface area contributed by atoms with E-state index in [4.69, 9.17) is 5.73 Å². The van der Waals surface area contributed by atoms with Crippen LogP contribution in [0.4, 0.5) is 0 Å². The van der Waals surface area contributed by atoms with Gasteiger partial charge in [-0.15, -0.1) is 0 Å². The number of nitrogens with one attached hydrogen (secondary N) is 1. The van der Waals surface area contributed by atoms with Gasteiger partial charge in [0.15, 0.2) is 0 Å². The molecule has 1 fully saturated rings. The summed E-state index contributed by atoms with van der Waals surface area (Å²) in [6.07, 6.45) is 1.88. The molecule has 0 heterocycles. The third-order valence-corrected chi connectivity index (χ3v) is 3.66. The highest BCUT2D eigenvalue weighted by atomic mass is 16.2.